The van der Waals surface area contributed by atoms with Crippen LogP contribution >= 0.6 is 11.6 Å². The van der Waals surface area contributed by atoms with Crippen LogP contribution in [-0.2, 0) is 0 Å². The van der Waals surface area contributed by atoms with Crippen LogP contribution in [0.1, 0.15) is 51.1 Å². The highest BCUT2D eigenvalue weighted by Crippen LogP contribution is 2.45. The van der Waals surface area contributed by atoms with Crippen molar-refractivity contribution < 1.29 is 0 Å². The van der Waals surface area contributed by atoms with Crippen molar-refractivity contribution in [1.82, 2.24) is 15.2 Å². The van der Waals surface area contributed by atoms with E-state index in [2.05, 4.69) is 29.0 Å². The van der Waals surface area contributed by atoms with Gasteiger partial charge in [-0.1, -0.05) is 38.3 Å². The molecule has 1 aromatic heterocycles. The first-order valence-electron chi connectivity index (χ1n) is 7.92. The van der Waals surface area contributed by atoms with E-state index in [-0.39, 0.29) is 11.6 Å². The predicted octanol–water partition coefficient (Wildman–Crippen LogP) is 3.23. The summed E-state index contributed by atoms with van der Waals surface area (Å²) in [6, 6.07) is 2.13. The van der Waals surface area contributed by atoms with Crippen molar-refractivity contribution >= 4 is 17.4 Å². The minimum absolute atomic E-state index is 0.110. The number of nitrogens with one attached hydrogen (secondary N) is 1. The monoisotopic (exact) mass is 310 g/mol. The van der Waals surface area contributed by atoms with Crippen LogP contribution in [-0.4, -0.2) is 35.6 Å². The highest BCUT2D eigenvalue weighted by Gasteiger charge is 2.45. The van der Waals surface area contributed by atoms with Gasteiger partial charge in [-0.05, 0) is 39.0 Å². The number of likely N-dealkylation sites (N-methyl/N-ethyl adjacent to an activating group) is 2. The van der Waals surface area contributed by atoms with Crippen LogP contribution in [0.4, 0.5) is 5.82 Å². The number of hydrogen-bond donors (Lipinski definition) is 2. The maximum atomic E-state index is 6.16. The molecule has 1 aromatic rings. The van der Waals surface area contributed by atoms with Gasteiger partial charge in [0.2, 0.25) is 0 Å². The summed E-state index contributed by atoms with van der Waals surface area (Å²) in [7, 11) is 2.01. The Morgan fingerprint density at radius 1 is 1.38 bits per heavy atom. The molecule has 0 amide bonds. The molecule has 1 saturated carbocycles. The topological polar surface area (TPSA) is 54.2 Å². The van der Waals surface area contributed by atoms with E-state index in [1.54, 1.807) is 6.20 Å². The third-order valence-corrected chi connectivity index (χ3v) is 5.12. The third kappa shape index (κ3) is 3.03. The Morgan fingerprint density at radius 2 is 2.00 bits per heavy atom. The van der Waals surface area contributed by atoms with E-state index in [1.165, 1.54) is 25.7 Å². The fourth-order valence-electron chi connectivity index (χ4n) is 4.04. The lowest BCUT2D eigenvalue weighted by atomic mass is 9.82. The Hall–Kier alpha value is -0.840. The largest absolute Gasteiger partial charge is 0.383 e. The molecule has 0 spiro atoms. The number of pyridine rings is 1. The van der Waals surface area contributed by atoms with Gasteiger partial charge >= 0.3 is 0 Å². The molecule has 1 aliphatic rings. The third-order valence-electron chi connectivity index (χ3n) is 4.92. The lowest BCUT2D eigenvalue weighted by Gasteiger charge is -2.46. The summed E-state index contributed by atoms with van der Waals surface area (Å²) in [5, 5.41) is 4.14. The van der Waals surface area contributed by atoms with Crippen molar-refractivity contribution in [2.75, 3.05) is 25.9 Å². The van der Waals surface area contributed by atoms with Gasteiger partial charge in [0.25, 0.3) is 0 Å². The first-order chi connectivity index (χ1) is 10.1. The van der Waals surface area contributed by atoms with E-state index in [1.807, 2.05) is 13.1 Å². The van der Waals surface area contributed by atoms with Gasteiger partial charge in [0.1, 0.15) is 5.82 Å². The van der Waals surface area contributed by atoms with E-state index in [0.29, 0.717) is 10.8 Å². The Labute approximate surface area is 133 Å². The number of nitrogen functional groups attached to an aromatic ring is 1. The van der Waals surface area contributed by atoms with E-state index < -0.39 is 0 Å². The first-order valence-corrected chi connectivity index (χ1v) is 8.30. The smallest absolute Gasteiger partial charge is 0.128 e. The molecule has 0 bridgehead atoms. The van der Waals surface area contributed by atoms with E-state index in [0.717, 1.165) is 18.7 Å². The molecule has 1 atom stereocenters. The zero-order valence-electron chi connectivity index (χ0n) is 13.3. The molecule has 0 aromatic carbocycles. The Morgan fingerprint density at radius 3 is 2.52 bits per heavy atom. The molecule has 1 heterocycles. The van der Waals surface area contributed by atoms with Gasteiger partial charge in [0.05, 0.1) is 11.1 Å². The maximum absolute atomic E-state index is 6.16. The van der Waals surface area contributed by atoms with Crippen LogP contribution in [0, 0.1) is 0 Å². The minimum Gasteiger partial charge on any atom is -0.383 e. The predicted molar refractivity (Wildman–Crippen MR) is 89.6 cm³/mol. The molecule has 1 unspecified atom stereocenters. The van der Waals surface area contributed by atoms with Gasteiger partial charge < -0.3 is 11.1 Å². The van der Waals surface area contributed by atoms with Gasteiger partial charge in [0.15, 0.2) is 0 Å². The summed E-state index contributed by atoms with van der Waals surface area (Å²) in [6.07, 6.45) is 6.52. The number of anilines is 1. The molecule has 0 aliphatic heterocycles. The van der Waals surface area contributed by atoms with Gasteiger partial charge in [0, 0.05) is 17.3 Å². The van der Waals surface area contributed by atoms with Crippen LogP contribution in [0.2, 0.25) is 5.02 Å². The van der Waals surface area contributed by atoms with E-state index >= 15 is 0 Å². The second kappa shape index (κ2) is 6.95. The first kappa shape index (κ1) is 16.5. The summed E-state index contributed by atoms with van der Waals surface area (Å²) in [5.74, 6) is 0.581. The van der Waals surface area contributed by atoms with Crippen LogP contribution in [0.25, 0.3) is 0 Å². The Balaban J connectivity index is 2.47. The molecule has 118 valence electrons. The van der Waals surface area contributed by atoms with Crippen molar-refractivity contribution in [2.24, 2.45) is 0 Å². The summed E-state index contributed by atoms with van der Waals surface area (Å²) >= 11 is 6.16. The van der Waals surface area contributed by atoms with Crippen LogP contribution in [0.15, 0.2) is 12.3 Å². The van der Waals surface area contributed by atoms with E-state index in [4.69, 9.17) is 17.3 Å². The molecular weight excluding hydrogens is 284 g/mol. The molecule has 2 rings (SSSR count). The van der Waals surface area contributed by atoms with Crippen molar-refractivity contribution in [1.29, 1.82) is 0 Å². The number of aromatic nitrogens is 1. The second-order valence-corrected chi connectivity index (χ2v) is 6.27. The Kier molecular flexibility index (Phi) is 5.47. The number of nitrogens with two attached hydrogens (primary N) is 1. The molecule has 1 fully saturated rings. The fourth-order valence-corrected chi connectivity index (χ4v) is 4.20. The summed E-state index contributed by atoms with van der Waals surface area (Å²) in [5.41, 5.74) is 7.28. The average Bonchev–Trinajstić information content (AvgIpc) is 2.95. The normalized spacial score (nSPS) is 19.1. The molecule has 0 saturated heterocycles. The molecule has 5 heteroatoms. The van der Waals surface area contributed by atoms with Gasteiger partial charge in [-0.15, -0.1) is 0 Å². The zero-order chi connectivity index (χ0) is 15.5. The molecule has 3 N–H and O–H groups in total. The van der Waals surface area contributed by atoms with E-state index in [9.17, 15) is 0 Å². The van der Waals surface area contributed by atoms with Crippen molar-refractivity contribution in [3.63, 3.8) is 0 Å². The van der Waals surface area contributed by atoms with Gasteiger partial charge in [-0.3, -0.25) is 4.90 Å². The van der Waals surface area contributed by atoms with Crippen molar-refractivity contribution in [3.05, 3.63) is 22.8 Å². The molecule has 1 aliphatic carbocycles. The summed E-state index contributed by atoms with van der Waals surface area (Å²) < 4.78 is 0. The molecular formula is C16H27ClN4. The minimum atomic E-state index is 0.110. The van der Waals surface area contributed by atoms with Crippen LogP contribution in [0.3, 0.4) is 0 Å². The second-order valence-electron chi connectivity index (χ2n) is 5.83. The van der Waals surface area contributed by atoms with Gasteiger partial charge in [-0.25, -0.2) is 4.98 Å². The molecule has 0 radical (unpaired) electrons. The number of halogens is 1. The lowest BCUT2D eigenvalue weighted by molar-refractivity contribution is 0.0657. The standard InChI is InChI=1S/C16H27ClN4/c1-4-21(5-2)16(8-6-7-9-16)14(19-3)13-10-12(17)11-20-15(13)18/h10-11,14,19H,4-9H2,1-3H3,(H2,18,20). The fraction of sp³-hybridized carbons (Fsp3) is 0.688. The number of nitrogens with zero attached hydrogens (tertiary/aromatic N) is 2. The number of rotatable bonds is 6. The summed E-state index contributed by atoms with van der Waals surface area (Å²) in [6.45, 7) is 6.55. The quantitative estimate of drug-likeness (QED) is 0.847. The zero-order valence-corrected chi connectivity index (χ0v) is 14.1. The highest BCUT2D eigenvalue weighted by molar-refractivity contribution is 6.30. The summed E-state index contributed by atoms with van der Waals surface area (Å²) in [4.78, 5) is 6.82. The Bertz CT molecular complexity index is 467. The number of hydrogen-bond acceptors (Lipinski definition) is 4. The maximum Gasteiger partial charge on any atom is 0.128 e. The molecule has 21 heavy (non-hydrogen) atoms. The van der Waals surface area contributed by atoms with Gasteiger partial charge in [-0.2, -0.15) is 0 Å². The van der Waals surface area contributed by atoms with Crippen LogP contribution in [0.5, 0.6) is 0 Å². The SMILES string of the molecule is CCN(CC)C1(C(NC)c2cc(Cl)cnc2N)CCCC1. The molecule has 4 nitrogen and oxygen atoms in total. The average molecular weight is 311 g/mol. The highest BCUT2D eigenvalue weighted by atomic mass is 35.5. The lowest BCUT2D eigenvalue weighted by Crippen LogP contribution is -2.54. The van der Waals surface area contributed by atoms with Crippen LogP contribution < -0.4 is 11.1 Å². The van der Waals surface area contributed by atoms with Crippen molar-refractivity contribution in [2.45, 2.75) is 51.1 Å². The van der Waals surface area contributed by atoms with Crippen molar-refractivity contribution in [3.8, 4) is 0 Å².